The van der Waals surface area contributed by atoms with Gasteiger partial charge in [-0.3, -0.25) is 9.36 Å². The molecule has 4 N–H and O–H groups in total. The van der Waals surface area contributed by atoms with Gasteiger partial charge in [-0.15, -0.1) is 5.10 Å². The average molecular weight is 376 g/mol. The van der Waals surface area contributed by atoms with Crippen molar-refractivity contribution in [2.24, 2.45) is 5.73 Å². The molecule has 1 unspecified atom stereocenters. The van der Waals surface area contributed by atoms with Crippen molar-refractivity contribution in [1.29, 1.82) is 0 Å². The fourth-order valence-electron chi connectivity index (χ4n) is 2.25. The summed E-state index contributed by atoms with van der Waals surface area (Å²) in [4.78, 5) is 14.7. The number of amides is 1. The zero-order valence-corrected chi connectivity index (χ0v) is 14.7. The number of ether oxygens (including phenoxy) is 1. The number of aromatic nitrogens is 3. The highest BCUT2D eigenvalue weighted by atomic mass is 31.2. The molecule has 1 aliphatic heterocycles. The van der Waals surface area contributed by atoms with Crippen molar-refractivity contribution in [3.8, 4) is 0 Å². The lowest BCUT2D eigenvalue weighted by Crippen LogP contribution is -2.31. The normalized spacial score (nSPS) is 27.2. The Labute approximate surface area is 143 Å². The van der Waals surface area contributed by atoms with Crippen molar-refractivity contribution in [2.45, 2.75) is 38.4 Å². The van der Waals surface area contributed by atoms with Gasteiger partial charge in [0.05, 0.1) is 13.2 Å². The number of carbonyl (C=O) groups excluding carboxylic acids is 1. The Kier molecular flexibility index (Phi) is 6.44. The second-order valence-corrected chi connectivity index (χ2v) is 7.00. The average Bonchev–Trinajstić information content (AvgIpc) is 3.13. The van der Waals surface area contributed by atoms with Crippen molar-refractivity contribution in [3.05, 3.63) is 24.0 Å². The second kappa shape index (κ2) is 8.17. The number of rotatable bonds is 8. The highest BCUT2D eigenvalue weighted by Crippen LogP contribution is 2.50. The van der Waals surface area contributed by atoms with Crippen LogP contribution in [-0.2, 0) is 18.3 Å². The molecule has 1 aliphatic rings. The van der Waals surface area contributed by atoms with Crippen LogP contribution in [0, 0.1) is 0 Å². The van der Waals surface area contributed by atoms with Crippen LogP contribution >= 0.6 is 7.60 Å². The van der Waals surface area contributed by atoms with Crippen LogP contribution in [0.5, 0.6) is 0 Å². The second-order valence-electron chi connectivity index (χ2n) is 5.10. The summed E-state index contributed by atoms with van der Waals surface area (Å²) in [5.41, 5.74) is 5.07. The third-order valence-electron chi connectivity index (χ3n) is 3.34. The van der Waals surface area contributed by atoms with Gasteiger partial charge in [-0.25, -0.2) is 9.67 Å². The number of carbonyl (C=O) groups is 1. The first-order chi connectivity index (χ1) is 11.8. The highest BCUT2D eigenvalue weighted by molar-refractivity contribution is 7.57. The molecule has 4 atom stereocenters. The molecule has 1 fully saturated rings. The van der Waals surface area contributed by atoms with Gasteiger partial charge >= 0.3 is 7.60 Å². The minimum atomic E-state index is -3.47. The molecule has 1 aromatic rings. The number of aliphatic hydroxyl groups is 2. The molecule has 1 aromatic heterocycles. The van der Waals surface area contributed by atoms with E-state index in [0.717, 1.165) is 11.0 Å². The van der Waals surface area contributed by atoms with Crippen molar-refractivity contribution < 1.29 is 33.4 Å². The Hall–Kier alpha value is -1.62. The van der Waals surface area contributed by atoms with Crippen molar-refractivity contribution in [1.82, 2.24) is 14.8 Å². The van der Waals surface area contributed by atoms with Gasteiger partial charge in [-0.05, 0) is 19.9 Å². The fourth-order valence-corrected chi connectivity index (χ4v) is 3.59. The Bertz CT molecular complexity index is 669. The maximum Gasteiger partial charge on any atom is 0.353 e. The van der Waals surface area contributed by atoms with Gasteiger partial charge in [0.1, 0.15) is 24.6 Å². The monoisotopic (exact) mass is 376 g/mol. The lowest BCUT2D eigenvalue weighted by atomic mass is 10.1. The van der Waals surface area contributed by atoms with Crippen LogP contribution in [0.3, 0.4) is 0 Å². The number of nitrogens with zero attached hydrogens (tertiary/aromatic N) is 3. The van der Waals surface area contributed by atoms with E-state index >= 15 is 0 Å². The summed E-state index contributed by atoms with van der Waals surface area (Å²) in [5.74, 6) is 0.0955. The van der Waals surface area contributed by atoms with Crippen LogP contribution in [0.15, 0.2) is 18.2 Å². The van der Waals surface area contributed by atoms with E-state index in [4.69, 9.17) is 19.5 Å². The Morgan fingerprint density at radius 2 is 2.04 bits per heavy atom. The third-order valence-corrected chi connectivity index (χ3v) is 5.11. The lowest BCUT2D eigenvalue weighted by molar-refractivity contribution is -0.0346. The van der Waals surface area contributed by atoms with Crippen molar-refractivity contribution in [3.63, 3.8) is 0 Å². The molecule has 0 bridgehead atoms. The summed E-state index contributed by atoms with van der Waals surface area (Å²) >= 11 is 0. The number of aliphatic hydroxyl groups excluding tert-OH is 2. The van der Waals surface area contributed by atoms with Crippen LogP contribution in [-0.4, -0.2) is 62.4 Å². The van der Waals surface area contributed by atoms with E-state index in [9.17, 15) is 19.6 Å². The maximum absolute atomic E-state index is 12.4. The van der Waals surface area contributed by atoms with Gasteiger partial charge in [0.25, 0.3) is 5.91 Å². The molecule has 25 heavy (non-hydrogen) atoms. The van der Waals surface area contributed by atoms with E-state index in [1.165, 1.54) is 11.9 Å². The number of primary amides is 1. The van der Waals surface area contributed by atoms with E-state index in [2.05, 4.69) is 10.1 Å². The summed E-state index contributed by atoms with van der Waals surface area (Å²) in [6, 6.07) is 0. The number of nitrogens with two attached hydrogens (primary N) is 1. The summed E-state index contributed by atoms with van der Waals surface area (Å²) in [5, 5.41) is 24.0. The van der Waals surface area contributed by atoms with Crippen LogP contribution in [0.25, 0.3) is 0 Å². The molecule has 1 amide bonds. The van der Waals surface area contributed by atoms with E-state index in [-0.39, 0.29) is 19.0 Å². The topological polar surface area (TPSA) is 159 Å². The Morgan fingerprint density at radius 3 is 2.56 bits per heavy atom. The molecule has 140 valence electrons. The van der Waals surface area contributed by atoms with Crippen LogP contribution in [0.1, 0.15) is 30.7 Å². The van der Waals surface area contributed by atoms with Gasteiger partial charge in [0.2, 0.25) is 5.82 Å². The molecule has 0 aliphatic carbocycles. The smallest absolute Gasteiger partial charge is 0.353 e. The van der Waals surface area contributed by atoms with Gasteiger partial charge in [0.15, 0.2) is 6.23 Å². The minimum absolute atomic E-state index is 0.176. The summed E-state index contributed by atoms with van der Waals surface area (Å²) < 4.78 is 29.2. The highest BCUT2D eigenvalue weighted by Gasteiger charge is 2.43. The number of hydrogen-bond donors (Lipinski definition) is 3. The molecule has 0 radical (unpaired) electrons. The van der Waals surface area contributed by atoms with Crippen molar-refractivity contribution in [2.75, 3.05) is 13.2 Å². The molecule has 12 heteroatoms. The van der Waals surface area contributed by atoms with E-state index in [1.54, 1.807) is 13.8 Å². The first kappa shape index (κ1) is 19.7. The first-order valence-electron chi connectivity index (χ1n) is 7.62. The predicted molar refractivity (Wildman–Crippen MR) is 84.5 cm³/mol. The lowest BCUT2D eigenvalue weighted by Gasteiger charge is -2.14. The molecule has 0 saturated carbocycles. The van der Waals surface area contributed by atoms with E-state index in [0.29, 0.717) is 0 Å². The Balaban J connectivity index is 2.14. The third kappa shape index (κ3) is 4.51. The SMILES string of the molecule is CCOP(=O)(/C=C/[C@H]1OC(n2cnc(C(N)=O)n2)[C@H](O)[C@@H]1O)OCC. The zero-order chi connectivity index (χ0) is 18.6. The molecule has 1 saturated heterocycles. The van der Waals surface area contributed by atoms with Gasteiger partial charge < -0.3 is 29.7 Å². The largest absolute Gasteiger partial charge is 0.387 e. The minimum Gasteiger partial charge on any atom is -0.387 e. The van der Waals surface area contributed by atoms with Crippen molar-refractivity contribution >= 4 is 13.5 Å². The first-order valence-corrected chi connectivity index (χ1v) is 9.23. The molecule has 2 rings (SSSR count). The van der Waals surface area contributed by atoms with Gasteiger partial charge in [-0.1, -0.05) is 0 Å². The summed E-state index contributed by atoms with van der Waals surface area (Å²) in [6.45, 7) is 3.69. The molecule has 2 heterocycles. The van der Waals surface area contributed by atoms with E-state index < -0.39 is 38.0 Å². The summed E-state index contributed by atoms with van der Waals surface area (Å²) in [7, 11) is -3.47. The standard InChI is InChI=1S/C13H21N4O7P/c1-3-22-25(21,23-4-2)6-5-8-9(18)10(19)13(24-8)17-7-15-12(16-17)11(14)20/h5-10,13,18-19H,3-4H2,1-2H3,(H2,14,20)/b6-5+/t8-,9-,10-,13?/m1/s1. The Morgan fingerprint density at radius 1 is 1.40 bits per heavy atom. The molecule has 0 spiro atoms. The molecule has 11 nitrogen and oxygen atoms in total. The van der Waals surface area contributed by atoms with E-state index in [1.807, 2.05) is 0 Å². The van der Waals surface area contributed by atoms with Gasteiger partial charge in [-0.2, -0.15) is 0 Å². The fraction of sp³-hybridized carbons (Fsp3) is 0.615. The van der Waals surface area contributed by atoms with Crippen LogP contribution < -0.4 is 5.73 Å². The maximum atomic E-state index is 12.4. The molecular weight excluding hydrogens is 355 g/mol. The van der Waals surface area contributed by atoms with Crippen LogP contribution in [0.2, 0.25) is 0 Å². The molecule has 0 aromatic carbocycles. The summed E-state index contributed by atoms with van der Waals surface area (Å²) in [6.07, 6.45) is -2.31. The molecular formula is C13H21N4O7P. The quantitative estimate of drug-likeness (QED) is 0.521. The predicted octanol–water partition coefficient (Wildman–Crippen LogP) is -0.224. The number of hydrogen-bond acceptors (Lipinski definition) is 9. The zero-order valence-electron chi connectivity index (χ0n) is 13.8. The van der Waals surface area contributed by atoms with Crippen LogP contribution in [0.4, 0.5) is 0 Å². The van der Waals surface area contributed by atoms with Gasteiger partial charge in [0, 0.05) is 5.82 Å².